The summed E-state index contributed by atoms with van der Waals surface area (Å²) in [5.74, 6) is -0.273. The van der Waals surface area contributed by atoms with Crippen molar-refractivity contribution in [2.24, 2.45) is 0 Å². The van der Waals surface area contributed by atoms with Crippen LogP contribution >= 0.6 is 15.9 Å². The van der Waals surface area contributed by atoms with E-state index >= 15 is 0 Å². The van der Waals surface area contributed by atoms with Gasteiger partial charge in [-0.05, 0) is 57.2 Å². The van der Waals surface area contributed by atoms with Crippen LogP contribution in [0.5, 0.6) is 0 Å². The SMILES string of the molecule is CCOC(=O)c1ccc2c(c1)c1cc(Br)ccc1n2C(C)C. The van der Waals surface area contributed by atoms with Crippen LogP contribution in [0.3, 0.4) is 0 Å². The van der Waals surface area contributed by atoms with Crippen molar-refractivity contribution in [2.45, 2.75) is 26.8 Å². The number of carbonyl (C=O) groups is 1. The van der Waals surface area contributed by atoms with Gasteiger partial charge in [-0.25, -0.2) is 4.79 Å². The standard InChI is InChI=1S/C18H18BrNO2/c1-4-22-18(21)12-5-7-16-14(9-12)15-10-13(19)6-8-17(15)20(16)11(2)3/h5-11H,4H2,1-3H3. The van der Waals surface area contributed by atoms with Crippen molar-refractivity contribution >= 4 is 43.7 Å². The highest BCUT2D eigenvalue weighted by atomic mass is 79.9. The van der Waals surface area contributed by atoms with E-state index in [9.17, 15) is 4.79 Å². The van der Waals surface area contributed by atoms with E-state index < -0.39 is 0 Å². The number of carbonyl (C=O) groups excluding carboxylic acids is 1. The average Bonchev–Trinajstić information content (AvgIpc) is 2.80. The molecule has 0 unspecified atom stereocenters. The van der Waals surface area contributed by atoms with Crippen molar-refractivity contribution < 1.29 is 9.53 Å². The molecule has 3 nitrogen and oxygen atoms in total. The molecular formula is C18H18BrNO2. The first kappa shape index (κ1) is 15.1. The predicted molar refractivity (Wildman–Crippen MR) is 93.5 cm³/mol. The molecule has 0 aliphatic heterocycles. The Balaban J connectivity index is 2.33. The maximum absolute atomic E-state index is 12.0. The third-order valence-electron chi connectivity index (χ3n) is 3.79. The summed E-state index contributed by atoms with van der Waals surface area (Å²) < 4.78 is 8.44. The fourth-order valence-electron chi connectivity index (χ4n) is 2.92. The lowest BCUT2D eigenvalue weighted by atomic mass is 10.1. The van der Waals surface area contributed by atoms with Gasteiger partial charge in [-0.15, -0.1) is 0 Å². The van der Waals surface area contributed by atoms with Gasteiger partial charge in [0.2, 0.25) is 0 Å². The van der Waals surface area contributed by atoms with E-state index in [4.69, 9.17) is 4.74 Å². The quantitative estimate of drug-likeness (QED) is 0.593. The Morgan fingerprint density at radius 2 is 1.77 bits per heavy atom. The van der Waals surface area contributed by atoms with Crippen LogP contribution < -0.4 is 0 Å². The predicted octanol–water partition coefficient (Wildman–Crippen LogP) is 5.31. The van der Waals surface area contributed by atoms with E-state index in [1.807, 2.05) is 31.2 Å². The molecule has 0 aliphatic carbocycles. The Morgan fingerprint density at radius 3 is 2.41 bits per heavy atom. The third-order valence-corrected chi connectivity index (χ3v) is 4.29. The van der Waals surface area contributed by atoms with Gasteiger partial charge in [0, 0.05) is 32.3 Å². The molecule has 0 amide bonds. The topological polar surface area (TPSA) is 31.2 Å². The molecule has 114 valence electrons. The normalized spacial score (nSPS) is 11.5. The Hall–Kier alpha value is -1.81. The van der Waals surface area contributed by atoms with Gasteiger partial charge >= 0.3 is 5.97 Å². The molecule has 0 radical (unpaired) electrons. The zero-order valence-electron chi connectivity index (χ0n) is 12.9. The zero-order valence-corrected chi connectivity index (χ0v) is 14.5. The molecule has 0 bridgehead atoms. The Kier molecular flexibility index (Phi) is 3.96. The number of rotatable bonds is 3. The van der Waals surface area contributed by atoms with E-state index in [1.54, 1.807) is 0 Å². The van der Waals surface area contributed by atoms with Crippen molar-refractivity contribution in [2.75, 3.05) is 6.61 Å². The first-order valence-electron chi connectivity index (χ1n) is 7.43. The molecule has 0 atom stereocenters. The first-order valence-corrected chi connectivity index (χ1v) is 8.22. The van der Waals surface area contributed by atoms with Crippen molar-refractivity contribution in [3.8, 4) is 0 Å². The number of hydrogen-bond acceptors (Lipinski definition) is 2. The molecule has 4 heteroatoms. The Morgan fingerprint density at radius 1 is 1.14 bits per heavy atom. The minimum atomic E-state index is -0.273. The highest BCUT2D eigenvalue weighted by molar-refractivity contribution is 9.10. The van der Waals surface area contributed by atoms with E-state index in [0.29, 0.717) is 18.2 Å². The third kappa shape index (κ3) is 2.41. The van der Waals surface area contributed by atoms with E-state index in [-0.39, 0.29) is 5.97 Å². The van der Waals surface area contributed by atoms with Crippen LogP contribution in [-0.2, 0) is 4.74 Å². The van der Waals surface area contributed by atoms with Gasteiger partial charge < -0.3 is 9.30 Å². The van der Waals surface area contributed by atoms with Crippen LogP contribution in [0.25, 0.3) is 21.8 Å². The van der Waals surface area contributed by atoms with Gasteiger partial charge in [-0.1, -0.05) is 15.9 Å². The Labute approximate surface area is 138 Å². The molecule has 0 saturated heterocycles. The smallest absolute Gasteiger partial charge is 0.338 e. The second-order valence-electron chi connectivity index (χ2n) is 5.58. The second-order valence-corrected chi connectivity index (χ2v) is 6.49. The molecule has 0 fully saturated rings. The van der Waals surface area contributed by atoms with Gasteiger partial charge in [0.15, 0.2) is 0 Å². The molecule has 0 spiro atoms. The van der Waals surface area contributed by atoms with E-state index in [1.165, 1.54) is 5.52 Å². The molecule has 1 heterocycles. The summed E-state index contributed by atoms with van der Waals surface area (Å²) in [5, 5.41) is 2.22. The molecule has 22 heavy (non-hydrogen) atoms. The molecular weight excluding hydrogens is 342 g/mol. The largest absolute Gasteiger partial charge is 0.462 e. The summed E-state index contributed by atoms with van der Waals surface area (Å²) in [6.07, 6.45) is 0. The maximum Gasteiger partial charge on any atom is 0.338 e. The second kappa shape index (κ2) is 5.76. The summed E-state index contributed by atoms with van der Waals surface area (Å²) in [4.78, 5) is 12.0. The minimum Gasteiger partial charge on any atom is -0.462 e. The summed E-state index contributed by atoms with van der Waals surface area (Å²) >= 11 is 3.54. The Bertz CT molecular complexity index is 864. The number of benzene rings is 2. The molecule has 2 aromatic carbocycles. The van der Waals surface area contributed by atoms with Gasteiger partial charge in [0.1, 0.15) is 0 Å². The molecule has 0 aliphatic rings. The highest BCUT2D eigenvalue weighted by Crippen LogP contribution is 2.34. The molecule has 1 aromatic heterocycles. The number of ether oxygens (including phenoxy) is 1. The lowest BCUT2D eigenvalue weighted by Gasteiger charge is -2.11. The van der Waals surface area contributed by atoms with Gasteiger partial charge in [0.25, 0.3) is 0 Å². The van der Waals surface area contributed by atoms with Crippen molar-refractivity contribution in [1.29, 1.82) is 0 Å². The molecule has 3 rings (SSSR count). The molecule has 0 N–H and O–H groups in total. The lowest BCUT2D eigenvalue weighted by molar-refractivity contribution is 0.0526. The maximum atomic E-state index is 12.0. The number of halogens is 1. The summed E-state index contributed by atoms with van der Waals surface area (Å²) in [6, 6.07) is 12.4. The highest BCUT2D eigenvalue weighted by Gasteiger charge is 2.15. The summed E-state index contributed by atoms with van der Waals surface area (Å²) in [6.45, 7) is 6.54. The van der Waals surface area contributed by atoms with E-state index in [0.717, 1.165) is 20.8 Å². The summed E-state index contributed by atoms with van der Waals surface area (Å²) in [5.41, 5.74) is 2.91. The van der Waals surface area contributed by atoms with Crippen LogP contribution in [0.4, 0.5) is 0 Å². The van der Waals surface area contributed by atoms with Crippen LogP contribution in [0, 0.1) is 0 Å². The van der Waals surface area contributed by atoms with Crippen LogP contribution in [0.2, 0.25) is 0 Å². The van der Waals surface area contributed by atoms with Crippen LogP contribution in [0.15, 0.2) is 40.9 Å². The van der Waals surface area contributed by atoms with Gasteiger partial charge in [-0.2, -0.15) is 0 Å². The van der Waals surface area contributed by atoms with Crippen LogP contribution in [0.1, 0.15) is 37.2 Å². The fraction of sp³-hybridized carbons (Fsp3) is 0.278. The fourth-order valence-corrected chi connectivity index (χ4v) is 3.28. The van der Waals surface area contributed by atoms with Gasteiger partial charge in [0.05, 0.1) is 12.2 Å². The number of hydrogen-bond donors (Lipinski definition) is 0. The lowest BCUT2D eigenvalue weighted by Crippen LogP contribution is -2.04. The summed E-state index contributed by atoms with van der Waals surface area (Å²) in [7, 11) is 0. The number of nitrogens with zero attached hydrogens (tertiary/aromatic N) is 1. The number of esters is 1. The van der Waals surface area contributed by atoms with Crippen molar-refractivity contribution in [1.82, 2.24) is 4.57 Å². The first-order chi connectivity index (χ1) is 10.5. The average molecular weight is 360 g/mol. The van der Waals surface area contributed by atoms with Crippen molar-refractivity contribution in [3.05, 3.63) is 46.4 Å². The van der Waals surface area contributed by atoms with Crippen LogP contribution in [-0.4, -0.2) is 17.1 Å². The zero-order chi connectivity index (χ0) is 15.9. The number of fused-ring (bicyclic) bond motifs is 3. The molecule has 3 aromatic rings. The monoisotopic (exact) mass is 359 g/mol. The number of aromatic nitrogens is 1. The van der Waals surface area contributed by atoms with Gasteiger partial charge in [-0.3, -0.25) is 0 Å². The van der Waals surface area contributed by atoms with Crippen molar-refractivity contribution in [3.63, 3.8) is 0 Å². The van der Waals surface area contributed by atoms with E-state index in [2.05, 4.69) is 46.5 Å². The molecule has 0 saturated carbocycles. The minimum absolute atomic E-state index is 0.273.